The first-order chi connectivity index (χ1) is 9.56. The van der Waals surface area contributed by atoms with Crippen LogP contribution in [0.25, 0.3) is 0 Å². The van der Waals surface area contributed by atoms with Crippen LogP contribution in [-0.4, -0.2) is 41.7 Å². The van der Waals surface area contributed by atoms with Crippen LogP contribution in [0.5, 0.6) is 0 Å². The third-order valence-electron chi connectivity index (χ3n) is 3.16. The SMILES string of the molecule is N#Cc1cccc(N2CCNCC2C(=O)O)c1[N+](=O)[O-]. The van der Waals surface area contributed by atoms with E-state index < -0.39 is 16.9 Å². The molecular weight excluding hydrogens is 264 g/mol. The molecule has 0 bridgehead atoms. The maximum Gasteiger partial charge on any atom is 0.327 e. The minimum absolute atomic E-state index is 0.0739. The molecule has 1 aromatic rings. The molecule has 0 spiro atoms. The van der Waals surface area contributed by atoms with Crippen molar-refractivity contribution in [3.05, 3.63) is 33.9 Å². The van der Waals surface area contributed by atoms with Crippen molar-refractivity contribution in [1.29, 1.82) is 5.26 Å². The maximum atomic E-state index is 11.3. The minimum Gasteiger partial charge on any atom is -0.480 e. The second-order valence-electron chi connectivity index (χ2n) is 4.29. The van der Waals surface area contributed by atoms with Gasteiger partial charge < -0.3 is 15.3 Å². The number of carboxylic acid groups (broad SMARTS) is 1. The van der Waals surface area contributed by atoms with Gasteiger partial charge in [0.25, 0.3) is 0 Å². The summed E-state index contributed by atoms with van der Waals surface area (Å²) < 4.78 is 0. The summed E-state index contributed by atoms with van der Waals surface area (Å²) in [4.78, 5) is 23.3. The van der Waals surface area contributed by atoms with Gasteiger partial charge in [-0.2, -0.15) is 5.26 Å². The molecule has 1 unspecified atom stereocenters. The van der Waals surface area contributed by atoms with Crippen molar-refractivity contribution in [2.75, 3.05) is 24.5 Å². The summed E-state index contributed by atoms with van der Waals surface area (Å²) in [6.07, 6.45) is 0. The fraction of sp³-hybridized carbons (Fsp3) is 0.333. The van der Waals surface area contributed by atoms with Crippen LogP contribution in [0.2, 0.25) is 0 Å². The topological polar surface area (TPSA) is 120 Å². The van der Waals surface area contributed by atoms with Crippen molar-refractivity contribution in [2.24, 2.45) is 0 Å². The van der Waals surface area contributed by atoms with Gasteiger partial charge in [0.15, 0.2) is 0 Å². The van der Waals surface area contributed by atoms with Crippen LogP contribution in [0.15, 0.2) is 18.2 Å². The Hall–Kier alpha value is -2.66. The number of aliphatic carboxylic acids is 1. The van der Waals surface area contributed by atoms with Gasteiger partial charge in [-0.3, -0.25) is 10.1 Å². The Morgan fingerprint density at radius 2 is 2.35 bits per heavy atom. The van der Waals surface area contributed by atoms with E-state index in [0.29, 0.717) is 13.1 Å². The first-order valence-corrected chi connectivity index (χ1v) is 5.94. The third-order valence-corrected chi connectivity index (χ3v) is 3.16. The highest BCUT2D eigenvalue weighted by Crippen LogP contribution is 2.33. The van der Waals surface area contributed by atoms with E-state index in [1.807, 2.05) is 0 Å². The lowest BCUT2D eigenvalue weighted by atomic mass is 10.1. The standard InChI is InChI=1S/C12H12N4O4/c13-6-8-2-1-3-9(11(8)16(19)20)15-5-4-14-7-10(15)12(17)18/h1-3,10,14H,4-5,7H2,(H,17,18). The average molecular weight is 276 g/mol. The Kier molecular flexibility index (Phi) is 3.81. The highest BCUT2D eigenvalue weighted by atomic mass is 16.6. The monoisotopic (exact) mass is 276 g/mol. The number of rotatable bonds is 3. The van der Waals surface area contributed by atoms with Crippen LogP contribution in [0.4, 0.5) is 11.4 Å². The van der Waals surface area contributed by atoms with E-state index >= 15 is 0 Å². The molecule has 1 saturated heterocycles. The highest BCUT2D eigenvalue weighted by molar-refractivity contribution is 5.82. The second kappa shape index (κ2) is 5.54. The Labute approximate surface area is 114 Å². The average Bonchev–Trinajstić information content (AvgIpc) is 2.46. The lowest BCUT2D eigenvalue weighted by Crippen LogP contribution is -2.55. The van der Waals surface area contributed by atoms with E-state index in [2.05, 4.69) is 5.32 Å². The highest BCUT2D eigenvalue weighted by Gasteiger charge is 2.33. The van der Waals surface area contributed by atoms with Gasteiger partial charge in [-0.05, 0) is 12.1 Å². The Balaban J connectivity index is 2.53. The Bertz CT molecular complexity index is 596. The number of para-hydroxylation sites is 1. The summed E-state index contributed by atoms with van der Waals surface area (Å²) in [6, 6.07) is 5.21. The van der Waals surface area contributed by atoms with E-state index in [4.69, 9.17) is 5.26 Å². The number of hydrogen-bond donors (Lipinski definition) is 2. The molecule has 0 aromatic heterocycles. The normalized spacial score (nSPS) is 18.4. The third kappa shape index (κ3) is 2.39. The molecule has 0 aliphatic carbocycles. The lowest BCUT2D eigenvalue weighted by Gasteiger charge is -2.34. The largest absolute Gasteiger partial charge is 0.480 e. The number of nitrogens with zero attached hydrogens (tertiary/aromatic N) is 3. The molecule has 0 radical (unpaired) electrons. The number of nitrogens with one attached hydrogen (secondary N) is 1. The molecule has 104 valence electrons. The Morgan fingerprint density at radius 3 is 2.95 bits per heavy atom. The van der Waals surface area contributed by atoms with Crippen LogP contribution >= 0.6 is 0 Å². The molecule has 20 heavy (non-hydrogen) atoms. The van der Waals surface area contributed by atoms with E-state index in [1.165, 1.54) is 23.1 Å². The molecule has 0 saturated carbocycles. The molecule has 1 aromatic carbocycles. The van der Waals surface area contributed by atoms with Crippen LogP contribution in [0.3, 0.4) is 0 Å². The number of carboxylic acids is 1. The summed E-state index contributed by atoms with van der Waals surface area (Å²) in [5.74, 6) is -1.06. The second-order valence-corrected chi connectivity index (χ2v) is 4.29. The molecule has 1 aliphatic rings. The number of piperazine rings is 1. The van der Waals surface area contributed by atoms with Crippen molar-refractivity contribution in [3.63, 3.8) is 0 Å². The predicted octanol–water partition coefficient (Wildman–Crippen LogP) is 0.329. The van der Waals surface area contributed by atoms with Crippen molar-refractivity contribution >= 4 is 17.3 Å². The molecule has 1 fully saturated rings. The van der Waals surface area contributed by atoms with Gasteiger partial charge in [-0.1, -0.05) is 6.07 Å². The van der Waals surface area contributed by atoms with Crippen LogP contribution in [-0.2, 0) is 4.79 Å². The van der Waals surface area contributed by atoms with Crippen LogP contribution < -0.4 is 10.2 Å². The first kappa shape index (κ1) is 13.8. The molecule has 1 heterocycles. The van der Waals surface area contributed by atoms with Gasteiger partial charge in [0.1, 0.15) is 23.4 Å². The maximum absolute atomic E-state index is 11.3. The zero-order valence-electron chi connectivity index (χ0n) is 10.4. The summed E-state index contributed by atoms with van der Waals surface area (Å²) in [7, 11) is 0. The molecule has 0 amide bonds. The minimum atomic E-state index is -1.06. The quantitative estimate of drug-likeness (QED) is 0.603. The van der Waals surface area contributed by atoms with Crippen molar-refractivity contribution in [3.8, 4) is 6.07 Å². The zero-order valence-corrected chi connectivity index (χ0v) is 10.4. The van der Waals surface area contributed by atoms with E-state index in [-0.39, 0.29) is 23.5 Å². The predicted molar refractivity (Wildman–Crippen MR) is 69.5 cm³/mol. The van der Waals surface area contributed by atoms with Crippen LogP contribution in [0, 0.1) is 21.4 Å². The number of carbonyl (C=O) groups is 1. The number of nitro benzene ring substituents is 1. The van der Waals surface area contributed by atoms with Gasteiger partial charge in [0, 0.05) is 19.6 Å². The molecule has 1 aliphatic heterocycles. The molecule has 8 heteroatoms. The first-order valence-electron chi connectivity index (χ1n) is 5.94. The van der Waals surface area contributed by atoms with E-state index in [1.54, 1.807) is 6.07 Å². The summed E-state index contributed by atoms with van der Waals surface area (Å²) in [5, 5.41) is 32.3. The van der Waals surface area contributed by atoms with E-state index in [9.17, 15) is 20.0 Å². The molecular formula is C12H12N4O4. The van der Waals surface area contributed by atoms with E-state index in [0.717, 1.165) is 0 Å². The molecule has 8 nitrogen and oxygen atoms in total. The number of nitriles is 1. The number of benzene rings is 1. The van der Waals surface area contributed by atoms with Gasteiger partial charge in [0.2, 0.25) is 0 Å². The Morgan fingerprint density at radius 1 is 1.60 bits per heavy atom. The molecule has 2 N–H and O–H groups in total. The lowest BCUT2D eigenvalue weighted by molar-refractivity contribution is -0.384. The zero-order chi connectivity index (χ0) is 14.7. The molecule has 2 rings (SSSR count). The summed E-state index contributed by atoms with van der Waals surface area (Å²) in [6.45, 7) is 1.05. The number of anilines is 1. The van der Waals surface area contributed by atoms with Gasteiger partial charge in [-0.25, -0.2) is 4.79 Å². The fourth-order valence-electron chi connectivity index (χ4n) is 2.26. The number of nitro groups is 1. The van der Waals surface area contributed by atoms with Gasteiger partial charge >= 0.3 is 11.7 Å². The van der Waals surface area contributed by atoms with Crippen molar-refractivity contribution in [1.82, 2.24) is 5.32 Å². The van der Waals surface area contributed by atoms with Crippen molar-refractivity contribution < 1.29 is 14.8 Å². The molecule has 1 atom stereocenters. The van der Waals surface area contributed by atoms with Gasteiger partial charge in [0.05, 0.1) is 4.92 Å². The smallest absolute Gasteiger partial charge is 0.327 e. The number of hydrogen-bond acceptors (Lipinski definition) is 6. The van der Waals surface area contributed by atoms with Crippen LogP contribution in [0.1, 0.15) is 5.56 Å². The fourth-order valence-corrected chi connectivity index (χ4v) is 2.26. The van der Waals surface area contributed by atoms with Crippen molar-refractivity contribution in [2.45, 2.75) is 6.04 Å². The summed E-state index contributed by atoms with van der Waals surface area (Å²) >= 11 is 0. The van der Waals surface area contributed by atoms with Gasteiger partial charge in [-0.15, -0.1) is 0 Å². The summed E-state index contributed by atoms with van der Waals surface area (Å²) in [5.41, 5.74) is -0.249.